The summed E-state index contributed by atoms with van der Waals surface area (Å²) < 4.78 is 1.24. The number of hydrogen-bond acceptors (Lipinski definition) is 4. The zero-order chi connectivity index (χ0) is 14.8. The van der Waals surface area contributed by atoms with Crippen LogP contribution in [0, 0.1) is 10.1 Å². The number of nitrogens with zero attached hydrogens (tertiary/aromatic N) is 1. The fourth-order valence-electron chi connectivity index (χ4n) is 2.12. The molecule has 0 fully saturated rings. The minimum Gasteiger partial charge on any atom is -0.380 e. The van der Waals surface area contributed by atoms with Crippen LogP contribution in [0.2, 0.25) is 5.02 Å². The van der Waals surface area contributed by atoms with Gasteiger partial charge in [-0.25, -0.2) is 0 Å². The molecule has 0 aliphatic rings. The molecule has 6 heteroatoms. The highest BCUT2D eigenvalue weighted by Crippen LogP contribution is 2.29. The van der Waals surface area contributed by atoms with Gasteiger partial charge in [0.2, 0.25) is 0 Å². The third-order valence-electron chi connectivity index (χ3n) is 3.19. The third kappa shape index (κ3) is 2.84. The van der Waals surface area contributed by atoms with Crippen LogP contribution in [0.15, 0.2) is 47.8 Å². The lowest BCUT2D eigenvalue weighted by atomic mass is 10.2. The maximum absolute atomic E-state index is 10.7. The predicted molar refractivity (Wildman–Crippen MR) is 87.3 cm³/mol. The van der Waals surface area contributed by atoms with Crippen molar-refractivity contribution in [3.05, 3.63) is 68.5 Å². The third-order valence-corrected chi connectivity index (χ3v) is 4.52. The largest absolute Gasteiger partial charge is 0.380 e. The number of halogens is 1. The molecule has 0 aliphatic heterocycles. The first kappa shape index (κ1) is 13.9. The molecule has 21 heavy (non-hydrogen) atoms. The molecule has 2 aromatic carbocycles. The number of hydrogen-bond donors (Lipinski definition) is 1. The van der Waals surface area contributed by atoms with Crippen molar-refractivity contribution in [3.63, 3.8) is 0 Å². The summed E-state index contributed by atoms with van der Waals surface area (Å²) in [6, 6.07) is 12.6. The highest BCUT2D eigenvalue weighted by molar-refractivity contribution is 7.17. The molecule has 0 atom stereocenters. The van der Waals surface area contributed by atoms with Gasteiger partial charge in [-0.1, -0.05) is 29.8 Å². The normalized spacial score (nSPS) is 10.7. The van der Waals surface area contributed by atoms with Crippen LogP contribution < -0.4 is 5.32 Å². The van der Waals surface area contributed by atoms with E-state index in [4.69, 9.17) is 11.6 Å². The number of fused-ring (bicyclic) bond motifs is 1. The number of nitro benzene ring substituents is 1. The van der Waals surface area contributed by atoms with E-state index in [9.17, 15) is 10.1 Å². The Hall–Kier alpha value is -2.11. The van der Waals surface area contributed by atoms with Gasteiger partial charge in [0.05, 0.1) is 15.6 Å². The fraction of sp³-hybridized carbons (Fsp3) is 0.0667. The van der Waals surface area contributed by atoms with Gasteiger partial charge in [0.15, 0.2) is 0 Å². The summed E-state index contributed by atoms with van der Waals surface area (Å²) in [5.41, 5.74) is 1.87. The van der Waals surface area contributed by atoms with E-state index in [1.807, 2.05) is 12.1 Å². The number of thiophene rings is 1. The van der Waals surface area contributed by atoms with E-state index in [0.29, 0.717) is 17.3 Å². The van der Waals surface area contributed by atoms with Crippen molar-refractivity contribution in [2.24, 2.45) is 0 Å². The molecule has 1 N–H and O–H groups in total. The van der Waals surface area contributed by atoms with E-state index < -0.39 is 4.92 Å². The molecule has 3 aromatic rings. The predicted octanol–water partition coefficient (Wildman–Crippen LogP) is 5.08. The Morgan fingerprint density at radius 3 is 2.81 bits per heavy atom. The van der Waals surface area contributed by atoms with Crippen molar-refractivity contribution in [1.29, 1.82) is 0 Å². The standard InChI is InChI=1S/C15H11ClN2O2S/c16-13-7-11(18(19)20)5-6-14(13)17-8-10-9-21-15-4-2-1-3-12(10)15/h1-7,9,17H,8H2. The summed E-state index contributed by atoms with van der Waals surface area (Å²) >= 11 is 7.76. The van der Waals surface area contributed by atoms with Crippen LogP contribution in [-0.4, -0.2) is 4.92 Å². The van der Waals surface area contributed by atoms with E-state index in [2.05, 4.69) is 22.8 Å². The lowest BCUT2D eigenvalue weighted by Gasteiger charge is -2.07. The van der Waals surface area contributed by atoms with Gasteiger partial charge < -0.3 is 5.32 Å². The van der Waals surface area contributed by atoms with Gasteiger partial charge in [-0.2, -0.15) is 0 Å². The second-order valence-electron chi connectivity index (χ2n) is 4.53. The molecule has 1 aromatic heterocycles. The summed E-state index contributed by atoms with van der Waals surface area (Å²) in [5, 5.41) is 17.6. The van der Waals surface area contributed by atoms with Crippen molar-refractivity contribution >= 4 is 44.4 Å². The minimum atomic E-state index is -0.456. The number of nitro groups is 1. The van der Waals surface area contributed by atoms with Gasteiger partial charge in [-0.15, -0.1) is 11.3 Å². The molecule has 0 saturated carbocycles. The molecule has 106 valence electrons. The van der Waals surface area contributed by atoms with Crippen LogP contribution in [-0.2, 0) is 6.54 Å². The average molecular weight is 319 g/mol. The first-order valence-electron chi connectivity index (χ1n) is 6.28. The zero-order valence-electron chi connectivity index (χ0n) is 10.9. The topological polar surface area (TPSA) is 55.2 Å². The Labute approximate surface area is 130 Å². The van der Waals surface area contributed by atoms with Crippen LogP contribution in [0.4, 0.5) is 11.4 Å². The van der Waals surface area contributed by atoms with Crippen molar-refractivity contribution in [1.82, 2.24) is 0 Å². The van der Waals surface area contributed by atoms with E-state index in [1.165, 1.54) is 27.8 Å². The summed E-state index contributed by atoms with van der Waals surface area (Å²) in [6.45, 7) is 0.627. The van der Waals surface area contributed by atoms with Gasteiger partial charge in [-0.3, -0.25) is 10.1 Å². The van der Waals surface area contributed by atoms with Crippen LogP contribution >= 0.6 is 22.9 Å². The summed E-state index contributed by atoms with van der Waals surface area (Å²) in [7, 11) is 0. The average Bonchev–Trinajstić information content (AvgIpc) is 2.89. The molecule has 0 unspecified atom stereocenters. The monoisotopic (exact) mass is 318 g/mol. The quantitative estimate of drug-likeness (QED) is 0.539. The van der Waals surface area contributed by atoms with Crippen molar-refractivity contribution in [3.8, 4) is 0 Å². The number of non-ortho nitro benzene ring substituents is 1. The van der Waals surface area contributed by atoms with Crippen molar-refractivity contribution in [2.75, 3.05) is 5.32 Å². The number of benzene rings is 2. The lowest BCUT2D eigenvalue weighted by Crippen LogP contribution is -1.99. The maximum Gasteiger partial charge on any atom is 0.271 e. The van der Waals surface area contributed by atoms with Gasteiger partial charge in [-0.05, 0) is 28.5 Å². The number of anilines is 1. The van der Waals surface area contributed by atoms with E-state index in [0.717, 1.165) is 0 Å². The molecular formula is C15H11ClN2O2S. The van der Waals surface area contributed by atoms with Gasteiger partial charge in [0, 0.05) is 23.4 Å². The van der Waals surface area contributed by atoms with Crippen LogP contribution in [0.1, 0.15) is 5.56 Å². The first-order chi connectivity index (χ1) is 10.1. The highest BCUT2D eigenvalue weighted by atomic mass is 35.5. The molecule has 0 bridgehead atoms. The molecule has 0 radical (unpaired) electrons. The van der Waals surface area contributed by atoms with E-state index >= 15 is 0 Å². The number of nitrogens with one attached hydrogen (secondary N) is 1. The van der Waals surface area contributed by atoms with Crippen molar-refractivity contribution < 1.29 is 4.92 Å². The summed E-state index contributed by atoms with van der Waals surface area (Å²) in [6.07, 6.45) is 0. The Kier molecular flexibility index (Phi) is 3.77. The van der Waals surface area contributed by atoms with Crippen molar-refractivity contribution in [2.45, 2.75) is 6.54 Å². The minimum absolute atomic E-state index is 0.00784. The molecule has 1 heterocycles. The van der Waals surface area contributed by atoms with Crippen LogP contribution in [0.3, 0.4) is 0 Å². The van der Waals surface area contributed by atoms with Crippen LogP contribution in [0.25, 0.3) is 10.1 Å². The molecule has 0 saturated heterocycles. The van der Waals surface area contributed by atoms with E-state index in [1.54, 1.807) is 17.4 Å². The highest BCUT2D eigenvalue weighted by Gasteiger charge is 2.10. The maximum atomic E-state index is 10.7. The summed E-state index contributed by atoms with van der Waals surface area (Å²) in [4.78, 5) is 10.2. The lowest BCUT2D eigenvalue weighted by molar-refractivity contribution is -0.384. The molecule has 0 spiro atoms. The number of rotatable bonds is 4. The van der Waals surface area contributed by atoms with Gasteiger partial charge >= 0.3 is 0 Å². The summed E-state index contributed by atoms with van der Waals surface area (Å²) in [5.74, 6) is 0. The SMILES string of the molecule is O=[N+]([O-])c1ccc(NCc2csc3ccccc23)c(Cl)c1. The second kappa shape index (κ2) is 5.71. The smallest absolute Gasteiger partial charge is 0.271 e. The molecule has 4 nitrogen and oxygen atoms in total. The second-order valence-corrected chi connectivity index (χ2v) is 5.85. The first-order valence-corrected chi connectivity index (χ1v) is 7.54. The van der Waals surface area contributed by atoms with Gasteiger partial charge in [0.1, 0.15) is 0 Å². The van der Waals surface area contributed by atoms with Gasteiger partial charge in [0.25, 0.3) is 5.69 Å². The Morgan fingerprint density at radius 2 is 2.05 bits per heavy atom. The molecular weight excluding hydrogens is 308 g/mol. The molecule has 0 aliphatic carbocycles. The Morgan fingerprint density at radius 1 is 1.24 bits per heavy atom. The fourth-order valence-corrected chi connectivity index (χ4v) is 3.33. The molecule has 0 amide bonds. The van der Waals surface area contributed by atoms with E-state index in [-0.39, 0.29) is 5.69 Å². The van der Waals surface area contributed by atoms with Crippen LogP contribution in [0.5, 0.6) is 0 Å². The zero-order valence-corrected chi connectivity index (χ0v) is 12.4. The Balaban J connectivity index is 1.80. The Bertz CT molecular complexity index is 816. The molecule has 3 rings (SSSR count).